The molecule has 0 saturated carbocycles. The second-order valence-corrected chi connectivity index (χ2v) is 30.6. The summed E-state index contributed by atoms with van der Waals surface area (Å²) in [7, 11) is -9.90. The topological polar surface area (TPSA) is 237 Å². The van der Waals surface area contributed by atoms with E-state index in [4.69, 9.17) is 37.0 Å². The first-order valence-electron chi connectivity index (χ1n) is 37.2. The number of phosphoric acid groups is 2. The van der Waals surface area contributed by atoms with Gasteiger partial charge in [0.05, 0.1) is 26.4 Å². The van der Waals surface area contributed by atoms with Gasteiger partial charge in [0.15, 0.2) is 12.2 Å². The lowest BCUT2D eigenvalue weighted by Gasteiger charge is -2.21. The molecule has 0 aliphatic rings. The first-order valence-corrected chi connectivity index (χ1v) is 40.2. The lowest BCUT2D eigenvalue weighted by molar-refractivity contribution is -0.161. The summed E-state index contributed by atoms with van der Waals surface area (Å²) in [6.07, 6.45) is 44.6. The molecule has 3 unspecified atom stereocenters. The van der Waals surface area contributed by atoms with E-state index in [9.17, 15) is 43.2 Å². The zero-order valence-corrected chi connectivity index (χ0v) is 61.3. The van der Waals surface area contributed by atoms with Crippen molar-refractivity contribution >= 4 is 39.5 Å². The fraction of sp³-hybridized carbons (Fsp3) is 0.944. The molecule has 0 heterocycles. The lowest BCUT2D eigenvalue weighted by Crippen LogP contribution is -2.30. The number of rotatable bonds is 69. The molecule has 0 spiro atoms. The van der Waals surface area contributed by atoms with Crippen molar-refractivity contribution in [2.75, 3.05) is 39.6 Å². The Bertz CT molecular complexity index is 1800. The largest absolute Gasteiger partial charge is 0.472 e. The Hall–Kier alpha value is -1.94. The van der Waals surface area contributed by atoms with Crippen LogP contribution in [0.5, 0.6) is 0 Å². The van der Waals surface area contributed by atoms with E-state index in [2.05, 4.69) is 55.4 Å². The fourth-order valence-electron chi connectivity index (χ4n) is 10.8. The average molecular weight is 1340 g/mol. The zero-order valence-electron chi connectivity index (χ0n) is 59.5. The Morgan fingerprint density at radius 1 is 0.308 bits per heavy atom. The van der Waals surface area contributed by atoms with Crippen molar-refractivity contribution < 1.29 is 80.2 Å². The number of phosphoric ester groups is 2. The van der Waals surface area contributed by atoms with Crippen molar-refractivity contribution in [1.82, 2.24) is 0 Å². The first-order chi connectivity index (χ1) is 43.6. The van der Waals surface area contributed by atoms with Crippen LogP contribution in [0.25, 0.3) is 0 Å². The molecule has 540 valence electrons. The first kappa shape index (κ1) is 89.1. The summed E-state index contributed by atoms with van der Waals surface area (Å²) < 4.78 is 68.3. The van der Waals surface area contributed by atoms with Crippen LogP contribution in [0.15, 0.2) is 0 Å². The van der Waals surface area contributed by atoms with Gasteiger partial charge in [-0.3, -0.25) is 37.3 Å². The van der Waals surface area contributed by atoms with Crippen LogP contribution in [-0.2, 0) is 65.4 Å². The van der Waals surface area contributed by atoms with Gasteiger partial charge in [0, 0.05) is 25.7 Å². The van der Waals surface area contributed by atoms with Crippen LogP contribution < -0.4 is 0 Å². The number of aliphatic hydroxyl groups excluding tert-OH is 1. The van der Waals surface area contributed by atoms with Gasteiger partial charge in [-0.05, 0) is 49.4 Å². The summed E-state index contributed by atoms with van der Waals surface area (Å²) in [5.74, 6) is 0.858. The van der Waals surface area contributed by atoms with Crippen LogP contribution in [0.1, 0.15) is 357 Å². The van der Waals surface area contributed by atoms with Crippen LogP contribution >= 0.6 is 15.6 Å². The highest BCUT2D eigenvalue weighted by Crippen LogP contribution is 2.45. The number of unbranched alkanes of at least 4 members (excludes halogenated alkanes) is 34. The smallest absolute Gasteiger partial charge is 0.462 e. The number of esters is 4. The summed E-state index contributed by atoms with van der Waals surface area (Å²) in [5.41, 5.74) is 0. The fourth-order valence-corrected chi connectivity index (χ4v) is 12.4. The molecule has 0 bridgehead atoms. The maximum atomic E-state index is 13.0. The minimum absolute atomic E-state index is 0.102. The highest BCUT2D eigenvalue weighted by atomic mass is 31.2. The molecule has 17 nitrogen and oxygen atoms in total. The maximum Gasteiger partial charge on any atom is 0.472 e. The van der Waals surface area contributed by atoms with Gasteiger partial charge in [0.1, 0.15) is 19.3 Å². The molecule has 3 N–H and O–H groups in total. The monoisotopic (exact) mass is 1340 g/mol. The number of ether oxygens (including phenoxy) is 4. The molecule has 0 fully saturated rings. The summed E-state index contributed by atoms with van der Waals surface area (Å²) in [5, 5.41) is 10.6. The number of hydrogen-bond donors (Lipinski definition) is 3. The van der Waals surface area contributed by atoms with E-state index < -0.39 is 97.5 Å². The Kier molecular flexibility index (Phi) is 60.3. The molecule has 19 heteroatoms. The molecule has 0 aliphatic heterocycles. The Morgan fingerprint density at radius 3 is 0.780 bits per heavy atom. The van der Waals surface area contributed by atoms with E-state index in [0.29, 0.717) is 31.6 Å². The van der Waals surface area contributed by atoms with Crippen molar-refractivity contribution in [3.63, 3.8) is 0 Å². The van der Waals surface area contributed by atoms with E-state index >= 15 is 0 Å². The van der Waals surface area contributed by atoms with E-state index in [1.807, 2.05) is 0 Å². The molecular formula is C72H140O17P2. The number of aliphatic hydroxyl groups is 1. The molecular weight excluding hydrogens is 1200 g/mol. The minimum atomic E-state index is -4.95. The highest BCUT2D eigenvalue weighted by molar-refractivity contribution is 7.47. The van der Waals surface area contributed by atoms with Crippen molar-refractivity contribution in [3.8, 4) is 0 Å². The summed E-state index contributed by atoms with van der Waals surface area (Å²) >= 11 is 0. The van der Waals surface area contributed by atoms with Crippen LogP contribution in [0.3, 0.4) is 0 Å². The molecule has 0 amide bonds. The van der Waals surface area contributed by atoms with Crippen LogP contribution in [0.4, 0.5) is 0 Å². The van der Waals surface area contributed by atoms with E-state index in [1.54, 1.807) is 0 Å². The number of carbonyl (C=O) groups is 4. The van der Waals surface area contributed by atoms with Gasteiger partial charge in [-0.15, -0.1) is 0 Å². The molecule has 0 radical (unpaired) electrons. The van der Waals surface area contributed by atoms with E-state index in [1.165, 1.54) is 154 Å². The van der Waals surface area contributed by atoms with Crippen molar-refractivity contribution in [1.29, 1.82) is 0 Å². The standard InChI is InChI=1S/C72H140O17P2/c1-9-65(8)51-43-35-30-31-37-45-53-70(75)83-59-68(89-72(77)55-47-39-29-23-26-34-42-50-64(6)7)61-87-91(80,81)85-57-66(73)56-84-90(78,79)86-60-67(58-82-69(74)52-44-36-27-21-18-17-20-25-33-41-49-63(4)5)88-71(76)54-46-38-28-22-16-14-12-10-11-13-15-19-24-32-40-48-62(2)3/h62-68,73H,9-61H2,1-8H3,(H,78,79)(H,80,81)/t65?,66-,67-,68-/m1/s1. The van der Waals surface area contributed by atoms with Gasteiger partial charge in [-0.1, -0.05) is 306 Å². The third-order valence-electron chi connectivity index (χ3n) is 16.9. The average Bonchev–Trinajstić information content (AvgIpc) is 3.69. The summed E-state index contributed by atoms with van der Waals surface area (Å²) in [6, 6.07) is 0. The lowest BCUT2D eigenvalue weighted by atomic mass is 10.00. The normalized spacial score (nSPS) is 14.5. The van der Waals surface area contributed by atoms with Crippen LogP contribution in [0.2, 0.25) is 0 Å². The molecule has 6 atom stereocenters. The summed E-state index contributed by atoms with van der Waals surface area (Å²) in [4.78, 5) is 72.6. The van der Waals surface area contributed by atoms with Gasteiger partial charge in [-0.2, -0.15) is 0 Å². The third-order valence-corrected chi connectivity index (χ3v) is 18.8. The van der Waals surface area contributed by atoms with Crippen LogP contribution in [0, 0.1) is 23.7 Å². The van der Waals surface area contributed by atoms with Crippen molar-refractivity contribution in [3.05, 3.63) is 0 Å². The molecule has 91 heavy (non-hydrogen) atoms. The van der Waals surface area contributed by atoms with Gasteiger partial charge in [-0.25, -0.2) is 9.13 Å². The van der Waals surface area contributed by atoms with E-state index in [0.717, 1.165) is 114 Å². The predicted molar refractivity (Wildman–Crippen MR) is 367 cm³/mol. The van der Waals surface area contributed by atoms with Crippen LogP contribution in [-0.4, -0.2) is 96.7 Å². The van der Waals surface area contributed by atoms with Crippen molar-refractivity contribution in [2.45, 2.75) is 375 Å². The molecule has 0 rings (SSSR count). The second kappa shape index (κ2) is 61.6. The highest BCUT2D eigenvalue weighted by Gasteiger charge is 2.30. The maximum absolute atomic E-state index is 13.0. The quantitative estimate of drug-likeness (QED) is 0.0222. The zero-order chi connectivity index (χ0) is 67.5. The van der Waals surface area contributed by atoms with Gasteiger partial charge >= 0.3 is 39.5 Å². The summed E-state index contributed by atoms with van der Waals surface area (Å²) in [6.45, 7) is 14.1. The third kappa shape index (κ3) is 65.1. The Morgan fingerprint density at radius 2 is 0.527 bits per heavy atom. The number of carbonyl (C=O) groups excluding carboxylic acids is 4. The predicted octanol–water partition coefficient (Wildman–Crippen LogP) is 20.5. The molecule has 0 aromatic rings. The SMILES string of the molecule is CCC(C)CCCCCCCCC(=O)OC[C@H](COP(=O)(O)OC[C@H](O)COP(=O)(O)OC[C@@H](COC(=O)CCCCCCCCCCCCC(C)C)OC(=O)CCCCCCCCCCCCCCCCCC(C)C)OC(=O)CCCCCCCCCC(C)C. The molecule has 0 aliphatic carbocycles. The minimum Gasteiger partial charge on any atom is -0.462 e. The van der Waals surface area contributed by atoms with E-state index in [-0.39, 0.29) is 25.7 Å². The molecule has 0 aromatic heterocycles. The number of hydrogen-bond acceptors (Lipinski definition) is 15. The second-order valence-electron chi connectivity index (χ2n) is 27.6. The molecule has 0 saturated heterocycles. The Labute approximate surface area is 556 Å². The van der Waals surface area contributed by atoms with Gasteiger partial charge in [0.2, 0.25) is 0 Å². The van der Waals surface area contributed by atoms with Crippen molar-refractivity contribution in [2.24, 2.45) is 23.7 Å². The van der Waals surface area contributed by atoms with Gasteiger partial charge in [0.25, 0.3) is 0 Å². The Balaban J connectivity index is 5.23. The van der Waals surface area contributed by atoms with Gasteiger partial charge < -0.3 is 33.8 Å². The molecule has 0 aromatic carbocycles.